The molecular formula is C14H23N3S. The smallest absolute Gasteiger partial charge is 0.0948 e. The van der Waals surface area contributed by atoms with Crippen molar-refractivity contribution in [1.29, 1.82) is 0 Å². The molecule has 0 bridgehead atoms. The van der Waals surface area contributed by atoms with E-state index in [4.69, 9.17) is 0 Å². The zero-order valence-corrected chi connectivity index (χ0v) is 12.0. The summed E-state index contributed by atoms with van der Waals surface area (Å²) in [5.41, 5.74) is 1.73. The molecule has 1 atom stereocenters. The minimum atomic E-state index is 0.292. The van der Waals surface area contributed by atoms with E-state index >= 15 is 0 Å². The number of imidazole rings is 1. The summed E-state index contributed by atoms with van der Waals surface area (Å²) in [6.45, 7) is 5.78. The molecule has 3 heterocycles. The quantitative estimate of drug-likeness (QED) is 0.909. The zero-order valence-electron chi connectivity index (χ0n) is 11.2. The predicted octanol–water partition coefficient (Wildman–Crippen LogP) is 2.28. The van der Waals surface area contributed by atoms with Crippen molar-refractivity contribution in [3.8, 4) is 0 Å². The molecule has 0 amide bonds. The van der Waals surface area contributed by atoms with Crippen molar-refractivity contribution >= 4 is 11.8 Å². The number of aromatic nitrogens is 2. The first-order chi connectivity index (χ1) is 8.78. The van der Waals surface area contributed by atoms with Crippen LogP contribution in [-0.2, 0) is 12.0 Å². The highest BCUT2D eigenvalue weighted by Crippen LogP contribution is 2.31. The second kappa shape index (κ2) is 5.25. The van der Waals surface area contributed by atoms with Gasteiger partial charge in [0.15, 0.2) is 0 Å². The van der Waals surface area contributed by atoms with Crippen LogP contribution in [-0.4, -0.2) is 34.1 Å². The van der Waals surface area contributed by atoms with E-state index in [9.17, 15) is 0 Å². The Morgan fingerprint density at radius 1 is 1.50 bits per heavy atom. The maximum Gasteiger partial charge on any atom is 0.0948 e. The van der Waals surface area contributed by atoms with Gasteiger partial charge in [-0.3, -0.25) is 0 Å². The molecule has 1 unspecified atom stereocenters. The fraction of sp³-hybridized carbons (Fsp3) is 0.786. The number of rotatable bonds is 3. The second-order valence-electron chi connectivity index (χ2n) is 5.97. The highest BCUT2D eigenvalue weighted by Gasteiger charge is 2.33. The molecule has 0 aromatic carbocycles. The third-order valence-electron chi connectivity index (χ3n) is 4.50. The van der Waals surface area contributed by atoms with Crippen LogP contribution in [0.25, 0.3) is 0 Å². The van der Waals surface area contributed by atoms with Gasteiger partial charge < -0.3 is 9.88 Å². The molecule has 100 valence electrons. The van der Waals surface area contributed by atoms with Gasteiger partial charge in [-0.25, -0.2) is 4.98 Å². The predicted molar refractivity (Wildman–Crippen MR) is 77.1 cm³/mol. The van der Waals surface area contributed by atoms with Gasteiger partial charge in [0.05, 0.1) is 6.33 Å². The first kappa shape index (κ1) is 12.5. The maximum absolute atomic E-state index is 4.41. The lowest BCUT2D eigenvalue weighted by Crippen LogP contribution is -2.29. The third kappa shape index (κ3) is 2.45. The topological polar surface area (TPSA) is 29.9 Å². The SMILES string of the molecule is CC1(c2cncn2CC2CCSCC2)CCNC1. The molecule has 1 N–H and O–H groups in total. The Morgan fingerprint density at radius 2 is 2.33 bits per heavy atom. The summed E-state index contributed by atoms with van der Waals surface area (Å²) in [6, 6.07) is 0. The summed E-state index contributed by atoms with van der Waals surface area (Å²) >= 11 is 2.11. The molecule has 3 rings (SSSR count). The fourth-order valence-corrected chi connectivity index (χ4v) is 4.42. The Kier molecular flexibility index (Phi) is 3.66. The number of hydrogen-bond acceptors (Lipinski definition) is 3. The van der Waals surface area contributed by atoms with Crippen LogP contribution < -0.4 is 5.32 Å². The molecule has 0 spiro atoms. The van der Waals surface area contributed by atoms with E-state index in [0.717, 1.165) is 19.0 Å². The van der Waals surface area contributed by atoms with Gasteiger partial charge in [0, 0.05) is 30.4 Å². The Balaban J connectivity index is 1.74. The first-order valence-corrected chi connectivity index (χ1v) is 8.22. The molecular weight excluding hydrogens is 242 g/mol. The summed E-state index contributed by atoms with van der Waals surface area (Å²) in [5.74, 6) is 3.54. The van der Waals surface area contributed by atoms with E-state index in [2.05, 4.69) is 39.8 Å². The van der Waals surface area contributed by atoms with Crippen LogP contribution in [0, 0.1) is 5.92 Å². The molecule has 2 aliphatic heterocycles. The highest BCUT2D eigenvalue weighted by atomic mass is 32.2. The third-order valence-corrected chi connectivity index (χ3v) is 5.54. The van der Waals surface area contributed by atoms with Crippen molar-refractivity contribution in [2.45, 2.75) is 38.1 Å². The van der Waals surface area contributed by atoms with Gasteiger partial charge in [-0.1, -0.05) is 6.92 Å². The van der Waals surface area contributed by atoms with E-state index in [-0.39, 0.29) is 0 Å². The van der Waals surface area contributed by atoms with Gasteiger partial charge in [-0.05, 0) is 43.2 Å². The molecule has 1 aromatic heterocycles. The van der Waals surface area contributed by atoms with Crippen molar-refractivity contribution in [2.75, 3.05) is 24.6 Å². The molecule has 2 fully saturated rings. The van der Waals surface area contributed by atoms with Crippen LogP contribution in [0.5, 0.6) is 0 Å². The summed E-state index contributed by atoms with van der Waals surface area (Å²) in [7, 11) is 0. The van der Waals surface area contributed by atoms with Crippen LogP contribution >= 0.6 is 11.8 Å². The van der Waals surface area contributed by atoms with Crippen LogP contribution in [0.3, 0.4) is 0 Å². The van der Waals surface area contributed by atoms with Crippen molar-refractivity contribution in [1.82, 2.24) is 14.9 Å². The molecule has 0 radical (unpaired) electrons. The number of nitrogens with zero attached hydrogens (tertiary/aromatic N) is 2. The normalized spacial score (nSPS) is 29.8. The van der Waals surface area contributed by atoms with Crippen LogP contribution in [0.15, 0.2) is 12.5 Å². The molecule has 4 heteroatoms. The van der Waals surface area contributed by atoms with Crippen molar-refractivity contribution in [2.24, 2.45) is 5.92 Å². The van der Waals surface area contributed by atoms with Gasteiger partial charge in [0.1, 0.15) is 0 Å². The fourth-order valence-electron chi connectivity index (χ4n) is 3.21. The molecule has 0 saturated carbocycles. The Hall–Kier alpha value is -0.480. The van der Waals surface area contributed by atoms with Crippen molar-refractivity contribution in [3.05, 3.63) is 18.2 Å². The van der Waals surface area contributed by atoms with Crippen LogP contribution in [0.2, 0.25) is 0 Å². The van der Waals surface area contributed by atoms with E-state index in [1.807, 2.05) is 6.33 Å². The summed E-state index contributed by atoms with van der Waals surface area (Å²) < 4.78 is 2.42. The molecule has 1 aromatic rings. The van der Waals surface area contributed by atoms with E-state index in [1.54, 1.807) is 0 Å². The minimum Gasteiger partial charge on any atom is -0.334 e. The Labute approximate surface area is 114 Å². The minimum absolute atomic E-state index is 0.292. The average molecular weight is 265 g/mol. The van der Waals surface area contributed by atoms with Crippen molar-refractivity contribution in [3.63, 3.8) is 0 Å². The largest absolute Gasteiger partial charge is 0.334 e. The van der Waals surface area contributed by atoms with E-state index < -0.39 is 0 Å². The number of thioether (sulfide) groups is 1. The Bertz CT molecular complexity index is 389. The zero-order chi connectivity index (χ0) is 12.4. The molecule has 3 nitrogen and oxygen atoms in total. The van der Waals surface area contributed by atoms with Crippen LogP contribution in [0.4, 0.5) is 0 Å². The molecule has 18 heavy (non-hydrogen) atoms. The second-order valence-corrected chi connectivity index (χ2v) is 7.20. The summed E-state index contributed by atoms with van der Waals surface area (Å²) in [6.07, 6.45) is 8.11. The monoisotopic (exact) mass is 265 g/mol. The molecule has 0 aliphatic carbocycles. The average Bonchev–Trinajstić information content (AvgIpc) is 3.00. The van der Waals surface area contributed by atoms with Gasteiger partial charge in [0.25, 0.3) is 0 Å². The van der Waals surface area contributed by atoms with E-state index in [1.165, 1.54) is 43.0 Å². The van der Waals surface area contributed by atoms with Gasteiger partial charge in [-0.15, -0.1) is 0 Å². The lowest BCUT2D eigenvalue weighted by Gasteiger charge is -2.27. The Morgan fingerprint density at radius 3 is 3.06 bits per heavy atom. The summed E-state index contributed by atoms with van der Waals surface area (Å²) in [4.78, 5) is 4.41. The van der Waals surface area contributed by atoms with Gasteiger partial charge in [-0.2, -0.15) is 11.8 Å². The maximum atomic E-state index is 4.41. The van der Waals surface area contributed by atoms with Gasteiger partial charge >= 0.3 is 0 Å². The van der Waals surface area contributed by atoms with Gasteiger partial charge in [0.2, 0.25) is 0 Å². The van der Waals surface area contributed by atoms with E-state index in [0.29, 0.717) is 5.41 Å². The molecule has 2 aliphatic rings. The number of hydrogen-bond donors (Lipinski definition) is 1. The molecule has 2 saturated heterocycles. The van der Waals surface area contributed by atoms with Crippen molar-refractivity contribution < 1.29 is 0 Å². The first-order valence-electron chi connectivity index (χ1n) is 7.07. The highest BCUT2D eigenvalue weighted by molar-refractivity contribution is 7.99. The number of nitrogens with one attached hydrogen (secondary N) is 1. The van der Waals surface area contributed by atoms with Crippen LogP contribution in [0.1, 0.15) is 31.9 Å². The lowest BCUT2D eigenvalue weighted by molar-refractivity contribution is 0.386. The lowest BCUT2D eigenvalue weighted by atomic mass is 9.86. The summed E-state index contributed by atoms with van der Waals surface area (Å²) in [5, 5.41) is 3.49. The standard InChI is InChI=1S/C14H23N3S/c1-14(4-5-15-10-14)13-8-16-11-17(13)9-12-2-6-18-7-3-12/h8,11-12,15H,2-7,9-10H2,1H3.